The van der Waals surface area contributed by atoms with E-state index in [0.29, 0.717) is 6.42 Å². The fourth-order valence-electron chi connectivity index (χ4n) is 5.21. The number of carbonyl (C=O) groups is 1. The van der Waals surface area contributed by atoms with Gasteiger partial charge in [-0.2, -0.15) is 8.42 Å². The van der Waals surface area contributed by atoms with Gasteiger partial charge in [-0.3, -0.25) is 9.35 Å². The molecule has 1 N–H and O–H groups in total. The first-order valence-corrected chi connectivity index (χ1v) is 10.3. The first-order chi connectivity index (χ1) is 10.6. The SMILES string of the molecule is C1CN2CCC1CC2.CC12CCC(C(S(=O)(=O)O)C1=O)C2(C)C. The number of nitrogens with zero attached hydrogens (tertiary/aromatic N) is 1. The van der Waals surface area contributed by atoms with Crippen molar-refractivity contribution in [1.82, 2.24) is 4.90 Å². The van der Waals surface area contributed by atoms with Crippen LogP contribution >= 0.6 is 0 Å². The maximum absolute atomic E-state index is 12.0. The summed E-state index contributed by atoms with van der Waals surface area (Å²) in [5.74, 6) is 0.580. The molecule has 0 radical (unpaired) electrons. The Morgan fingerprint density at radius 3 is 1.78 bits per heavy atom. The highest BCUT2D eigenvalue weighted by atomic mass is 32.2. The lowest BCUT2D eigenvalue weighted by Gasteiger charge is -2.38. The highest BCUT2D eigenvalue weighted by Crippen LogP contribution is 2.64. The molecule has 0 aromatic rings. The van der Waals surface area contributed by atoms with Gasteiger partial charge in [0.25, 0.3) is 10.1 Å². The summed E-state index contributed by atoms with van der Waals surface area (Å²) in [6.45, 7) is 9.85. The summed E-state index contributed by atoms with van der Waals surface area (Å²) in [5.41, 5.74) is -0.914. The van der Waals surface area contributed by atoms with Crippen LogP contribution in [0.5, 0.6) is 0 Å². The third-order valence-electron chi connectivity index (χ3n) is 7.35. The summed E-state index contributed by atoms with van der Waals surface area (Å²) >= 11 is 0. The van der Waals surface area contributed by atoms with Crippen molar-refractivity contribution in [3.05, 3.63) is 0 Å². The van der Waals surface area contributed by atoms with Gasteiger partial charge < -0.3 is 4.90 Å². The van der Waals surface area contributed by atoms with Crippen LogP contribution in [0.15, 0.2) is 0 Å². The summed E-state index contributed by atoms with van der Waals surface area (Å²) < 4.78 is 31.5. The molecule has 0 amide bonds. The molecule has 132 valence electrons. The van der Waals surface area contributed by atoms with Crippen molar-refractivity contribution >= 4 is 15.9 Å². The third-order valence-corrected chi connectivity index (χ3v) is 8.54. The number of Topliss-reactive ketones (excluding diaryl/α,β-unsaturated/α-hetero) is 1. The second-order valence-electron chi connectivity index (χ2n) is 8.57. The highest BCUT2D eigenvalue weighted by Gasteiger charge is 2.69. The minimum absolute atomic E-state index is 0.231. The molecule has 5 fully saturated rings. The summed E-state index contributed by atoms with van der Waals surface area (Å²) in [7, 11) is -4.24. The highest BCUT2D eigenvalue weighted by molar-refractivity contribution is 7.87. The number of rotatable bonds is 1. The molecule has 4 bridgehead atoms. The Labute approximate surface area is 139 Å². The van der Waals surface area contributed by atoms with Crippen LogP contribution in [0, 0.1) is 22.7 Å². The van der Waals surface area contributed by atoms with E-state index in [-0.39, 0.29) is 17.1 Å². The smallest absolute Gasteiger partial charge is 0.275 e. The quantitative estimate of drug-likeness (QED) is 0.740. The van der Waals surface area contributed by atoms with Gasteiger partial charge in [0.2, 0.25) is 0 Å². The average molecular weight is 343 g/mol. The first-order valence-electron chi connectivity index (χ1n) is 8.80. The van der Waals surface area contributed by atoms with E-state index in [1.807, 2.05) is 20.8 Å². The molecule has 5 aliphatic rings. The van der Waals surface area contributed by atoms with E-state index in [1.165, 1.54) is 38.9 Å². The standard InChI is InChI=1S/C10H16O4S.C7H13N/c1-9(2)6-4-5-10(9,3)8(11)7(6)15(12,13)14;1-4-8-5-2-7(1)3-6-8/h6-7H,4-5H2,1-3H3,(H,12,13,14);7H,1-6H2. The molecule has 0 spiro atoms. The average Bonchev–Trinajstić information content (AvgIpc) is 2.81. The predicted molar refractivity (Wildman–Crippen MR) is 88.7 cm³/mol. The summed E-state index contributed by atoms with van der Waals surface area (Å²) in [4.78, 5) is 14.6. The molecule has 3 heterocycles. The topological polar surface area (TPSA) is 74.7 Å². The van der Waals surface area contributed by atoms with E-state index >= 15 is 0 Å². The zero-order chi connectivity index (χ0) is 17.0. The van der Waals surface area contributed by atoms with E-state index in [2.05, 4.69) is 4.90 Å². The zero-order valence-electron chi connectivity index (χ0n) is 14.4. The predicted octanol–water partition coefficient (Wildman–Crippen LogP) is 2.37. The van der Waals surface area contributed by atoms with E-state index in [0.717, 1.165) is 12.3 Å². The number of fused-ring (bicyclic) bond motifs is 5. The monoisotopic (exact) mass is 343 g/mol. The van der Waals surface area contributed by atoms with Crippen molar-refractivity contribution in [2.45, 2.75) is 58.1 Å². The van der Waals surface area contributed by atoms with Crippen LogP contribution in [0.25, 0.3) is 0 Å². The minimum atomic E-state index is -4.24. The Balaban J connectivity index is 0.000000162. The minimum Gasteiger partial charge on any atom is -0.303 e. The van der Waals surface area contributed by atoms with Crippen molar-refractivity contribution in [3.8, 4) is 0 Å². The van der Waals surface area contributed by atoms with Crippen LogP contribution in [0.4, 0.5) is 0 Å². The van der Waals surface area contributed by atoms with Crippen molar-refractivity contribution in [3.63, 3.8) is 0 Å². The molecular weight excluding hydrogens is 314 g/mol. The van der Waals surface area contributed by atoms with Gasteiger partial charge >= 0.3 is 0 Å². The van der Waals surface area contributed by atoms with Gasteiger partial charge in [0.05, 0.1) is 0 Å². The van der Waals surface area contributed by atoms with Gasteiger partial charge in [0.15, 0.2) is 5.78 Å². The maximum atomic E-state index is 12.0. The lowest BCUT2D eigenvalue weighted by atomic mass is 9.70. The third kappa shape index (κ3) is 2.67. The molecule has 2 aliphatic carbocycles. The van der Waals surface area contributed by atoms with Gasteiger partial charge in [-0.15, -0.1) is 0 Å². The van der Waals surface area contributed by atoms with Crippen molar-refractivity contribution in [2.75, 3.05) is 19.6 Å². The molecule has 23 heavy (non-hydrogen) atoms. The van der Waals surface area contributed by atoms with Gasteiger partial charge in [-0.1, -0.05) is 20.8 Å². The van der Waals surface area contributed by atoms with Crippen LogP contribution in [-0.2, 0) is 14.9 Å². The molecule has 5 rings (SSSR count). The van der Waals surface area contributed by atoms with Gasteiger partial charge in [0, 0.05) is 5.41 Å². The molecular formula is C17H29NO4S. The molecule has 3 unspecified atom stereocenters. The molecule has 3 saturated heterocycles. The van der Waals surface area contributed by atoms with Crippen LogP contribution in [0.2, 0.25) is 0 Å². The van der Waals surface area contributed by atoms with E-state index in [1.54, 1.807) is 0 Å². The number of hydrogen-bond donors (Lipinski definition) is 1. The second kappa shape index (κ2) is 5.53. The first kappa shape index (κ1) is 17.4. The van der Waals surface area contributed by atoms with Crippen LogP contribution in [0.3, 0.4) is 0 Å². The molecule has 0 aromatic carbocycles. The van der Waals surface area contributed by atoms with Crippen molar-refractivity contribution in [1.29, 1.82) is 0 Å². The molecule has 2 saturated carbocycles. The Bertz CT molecular complexity index is 569. The molecule has 6 heteroatoms. The van der Waals surface area contributed by atoms with Crippen LogP contribution < -0.4 is 0 Å². The van der Waals surface area contributed by atoms with Gasteiger partial charge in [-0.25, -0.2) is 0 Å². The molecule has 3 atom stereocenters. The zero-order valence-corrected chi connectivity index (χ0v) is 15.2. The maximum Gasteiger partial charge on any atom is 0.275 e. The second-order valence-corrected chi connectivity index (χ2v) is 10.1. The van der Waals surface area contributed by atoms with Crippen molar-refractivity contribution < 1.29 is 17.8 Å². The Hall–Kier alpha value is -0.460. The fourth-order valence-corrected chi connectivity index (χ4v) is 6.63. The summed E-state index contributed by atoms with van der Waals surface area (Å²) in [6.07, 6.45) is 5.90. The fraction of sp³-hybridized carbons (Fsp3) is 0.941. The number of carbonyl (C=O) groups excluding carboxylic acids is 1. The lowest BCUT2D eigenvalue weighted by Crippen LogP contribution is -2.41. The van der Waals surface area contributed by atoms with Crippen LogP contribution in [-0.4, -0.2) is 48.5 Å². The number of ketones is 1. The van der Waals surface area contributed by atoms with Crippen molar-refractivity contribution in [2.24, 2.45) is 22.7 Å². The molecule has 3 aliphatic heterocycles. The van der Waals surface area contributed by atoms with Crippen LogP contribution in [0.1, 0.15) is 52.9 Å². The van der Waals surface area contributed by atoms with E-state index in [4.69, 9.17) is 4.55 Å². The summed E-state index contributed by atoms with van der Waals surface area (Å²) in [5, 5.41) is -1.19. The summed E-state index contributed by atoms with van der Waals surface area (Å²) in [6, 6.07) is 0. The Morgan fingerprint density at radius 2 is 1.57 bits per heavy atom. The molecule has 5 nitrogen and oxygen atoms in total. The van der Waals surface area contributed by atoms with E-state index < -0.39 is 20.8 Å². The Kier molecular flexibility index (Phi) is 4.17. The van der Waals surface area contributed by atoms with Gasteiger partial charge in [-0.05, 0) is 69.0 Å². The number of hydrogen-bond acceptors (Lipinski definition) is 4. The lowest BCUT2D eigenvalue weighted by molar-refractivity contribution is -0.128. The van der Waals surface area contributed by atoms with E-state index in [9.17, 15) is 13.2 Å². The van der Waals surface area contributed by atoms with Gasteiger partial charge in [0.1, 0.15) is 5.25 Å². The number of piperidine rings is 3. The molecule has 0 aromatic heterocycles. The Morgan fingerprint density at radius 1 is 1.04 bits per heavy atom. The normalized spacial score (nSPS) is 44.1. The largest absolute Gasteiger partial charge is 0.303 e.